The Morgan fingerprint density at radius 2 is 0.796 bits per heavy atom. The monoisotopic (exact) mass is 798 g/mol. The summed E-state index contributed by atoms with van der Waals surface area (Å²) < 4.78 is 55.7. The van der Waals surface area contributed by atoms with Gasteiger partial charge in [0.15, 0.2) is 0 Å². The predicted octanol–water partition coefficient (Wildman–Crippen LogP) is 9.38. The van der Waals surface area contributed by atoms with Crippen LogP contribution in [0.1, 0.15) is 31.8 Å². The van der Waals surface area contributed by atoms with Crippen molar-refractivity contribution in [3.8, 4) is 11.1 Å². The molecular formula is C40H32Cl2N4O6S2. The fourth-order valence-electron chi connectivity index (χ4n) is 5.39. The first-order chi connectivity index (χ1) is 25.7. The van der Waals surface area contributed by atoms with E-state index < -0.39 is 20.0 Å². The lowest BCUT2D eigenvalue weighted by molar-refractivity contribution is 0.101. The number of amides is 2. The predicted molar refractivity (Wildman–Crippen MR) is 215 cm³/mol. The Morgan fingerprint density at radius 3 is 1.11 bits per heavy atom. The topological polar surface area (TPSA) is 151 Å². The molecular weight excluding hydrogens is 768 g/mol. The second-order valence-corrected chi connectivity index (χ2v) is 16.5. The summed E-state index contributed by atoms with van der Waals surface area (Å²) in [5.74, 6) is -0.717. The van der Waals surface area contributed by atoms with Crippen molar-refractivity contribution in [3.05, 3.63) is 166 Å². The lowest BCUT2D eigenvalue weighted by Gasteiger charge is -2.14. The van der Waals surface area contributed by atoms with E-state index in [4.69, 9.17) is 23.2 Å². The molecule has 54 heavy (non-hydrogen) atoms. The molecule has 0 aliphatic rings. The normalized spacial score (nSPS) is 11.4. The summed E-state index contributed by atoms with van der Waals surface area (Å²) in [5, 5.41) is 6.67. The van der Waals surface area contributed by atoms with Crippen molar-refractivity contribution in [1.82, 2.24) is 0 Å². The maximum Gasteiger partial charge on any atom is 0.261 e. The molecule has 0 atom stereocenters. The van der Waals surface area contributed by atoms with Gasteiger partial charge in [0.25, 0.3) is 31.9 Å². The Hall–Kier alpha value is -5.66. The maximum absolute atomic E-state index is 13.1. The van der Waals surface area contributed by atoms with Crippen molar-refractivity contribution in [1.29, 1.82) is 0 Å². The molecule has 0 saturated carbocycles. The van der Waals surface area contributed by atoms with Crippen molar-refractivity contribution in [2.24, 2.45) is 0 Å². The van der Waals surface area contributed by atoms with Gasteiger partial charge in [-0.3, -0.25) is 19.0 Å². The number of hydrogen-bond acceptors (Lipinski definition) is 6. The summed E-state index contributed by atoms with van der Waals surface area (Å²) in [5.41, 5.74) is 5.96. The van der Waals surface area contributed by atoms with Gasteiger partial charge in [0.2, 0.25) is 0 Å². The van der Waals surface area contributed by atoms with E-state index >= 15 is 0 Å². The van der Waals surface area contributed by atoms with E-state index in [1.807, 2.05) is 38.1 Å². The zero-order valence-electron chi connectivity index (χ0n) is 28.7. The van der Waals surface area contributed by atoms with Crippen LogP contribution in [0.3, 0.4) is 0 Å². The fourth-order valence-corrected chi connectivity index (χ4v) is 7.76. The third-order valence-electron chi connectivity index (χ3n) is 8.33. The first-order valence-electron chi connectivity index (χ1n) is 16.3. The number of rotatable bonds is 11. The number of halogens is 2. The highest BCUT2D eigenvalue weighted by Gasteiger charge is 2.17. The van der Waals surface area contributed by atoms with E-state index in [1.165, 1.54) is 97.1 Å². The second-order valence-electron chi connectivity index (χ2n) is 12.2. The molecule has 0 aromatic heterocycles. The van der Waals surface area contributed by atoms with Crippen LogP contribution in [0.15, 0.2) is 143 Å². The number of nitrogens with one attached hydrogen (secondary N) is 4. The molecule has 0 saturated heterocycles. The molecule has 14 heteroatoms. The van der Waals surface area contributed by atoms with Crippen LogP contribution in [-0.2, 0) is 20.0 Å². The third kappa shape index (κ3) is 9.10. The van der Waals surface area contributed by atoms with Crippen molar-refractivity contribution in [3.63, 3.8) is 0 Å². The lowest BCUT2D eigenvalue weighted by atomic mass is 9.99. The largest absolute Gasteiger partial charge is 0.322 e. The molecule has 0 heterocycles. The highest BCUT2D eigenvalue weighted by atomic mass is 35.5. The summed E-state index contributed by atoms with van der Waals surface area (Å²) in [6.07, 6.45) is 0. The second kappa shape index (κ2) is 15.7. The number of carbonyl (C=O) groups is 2. The van der Waals surface area contributed by atoms with Gasteiger partial charge in [0, 0.05) is 43.9 Å². The molecule has 4 N–H and O–H groups in total. The zero-order chi connectivity index (χ0) is 38.6. The summed E-state index contributed by atoms with van der Waals surface area (Å²) >= 11 is 11.7. The number of anilines is 4. The Kier molecular flexibility index (Phi) is 11.1. The Labute approximate surface area is 323 Å². The van der Waals surface area contributed by atoms with Gasteiger partial charge in [0.05, 0.1) is 9.79 Å². The summed E-state index contributed by atoms with van der Waals surface area (Å²) in [7, 11) is -7.66. The Bertz CT molecular complexity index is 2400. The van der Waals surface area contributed by atoms with Gasteiger partial charge in [0.1, 0.15) is 0 Å². The first-order valence-corrected chi connectivity index (χ1v) is 20.0. The molecule has 10 nitrogen and oxygen atoms in total. The average Bonchev–Trinajstić information content (AvgIpc) is 3.14. The quantitative estimate of drug-likeness (QED) is 0.103. The van der Waals surface area contributed by atoms with Crippen LogP contribution in [0.25, 0.3) is 11.1 Å². The molecule has 0 unspecified atom stereocenters. The third-order valence-corrected chi connectivity index (χ3v) is 11.6. The summed E-state index contributed by atoms with van der Waals surface area (Å²) in [6.45, 7) is 3.76. The van der Waals surface area contributed by atoms with Crippen LogP contribution in [0.5, 0.6) is 0 Å². The van der Waals surface area contributed by atoms with Crippen LogP contribution in [-0.4, -0.2) is 28.6 Å². The molecule has 6 aromatic carbocycles. The van der Waals surface area contributed by atoms with Crippen LogP contribution in [0.4, 0.5) is 22.7 Å². The van der Waals surface area contributed by atoms with Crippen molar-refractivity contribution in [2.75, 3.05) is 20.1 Å². The van der Waals surface area contributed by atoms with Gasteiger partial charge >= 0.3 is 0 Å². The highest BCUT2D eigenvalue weighted by molar-refractivity contribution is 7.93. The minimum Gasteiger partial charge on any atom is -0.322 e. The van der Waals surface area contributed by atoms with Gasteiger partial charge in [-0.2, -0.15) is 0 Å². The number of sulfonamides is 2. The van der Waals surface area contributed by atoms with E-state index in [0.717, 1.165) is 22.3 Å². The van der Waals surface area contributed by atoms with Crippen molar-refractivity contribution in [2.45, 2.75) is 23.6 Å². The molecule has 0 aliphatic heterocycles. The van der Waals surface area contributed by atoms with Crippen molar-refractivity contribution >= 4 is 77.8 Å². The molecule has 0 bridgehead atoms. The number of aryl methyl sites for hydroxylation is 2. The number of benzene rings is 6. The van der Waals surface area contributed by atoms with Crippen molar-refractivity contribution < 1.29 is 26.4 Å². The molecule has 6 rings (SSSR count). The SMILES string of the molecule is Cc1cc(-c2ccc(NC(=O)c3ccc(NS(=O)(=O)c4ccc(Cl)cc4)cc3)c(C)c2)ccc1NC(=O)c1ccc(NS(=O)(=O)c2ccc(Cl)cc2)cc1. The fraction of sp³-hybridized carbons (Fsp3) is 0.0500. The number of carbonyl (C=O) groups excluding carboxylic acids is 2. The van der Waals surface area contributed by atoms with Gasteiger partial charge in [-0.05, 0) is 157 Å². The smallest absolute Gasteiger partial charge is 0.261 e. The molecule has 2 amide bonds. The van der Waals surface area contributed by atoms with E-state index in [-0.39, 0.29) is 21.6 Å². The highest BCUT2D eigenvalue weighted by Crippen LogP contribution is 2.29. The molecule has 0 fully saturated rings. The van der Waals surface area contributed by atoms with Crippen LogP contribution in [0.2, 0.25) is 10.0 Å². The molecule has 0 radical (unpaired) electrons. The van der Waals surface area contributed by atoms with E-state index in [0.29, 0.717) is 43.9 Å². The van der Waals surface area contributed by atoms with Gasteiger partial charge < -0.3 is 10.6 Å². The lowest BCUT2D eigenvalue weighted by Crippen LogP contribution is -2.14. The van der Waals surface area contributed by atoms with Gasteiger partial charge in [-0.1, -0.05) is 35.3 Å². The Morgan fingerprint density at radius 1 is 0.463 bits per heavy atom. The maximum atomic E-state index is 13.1. The zero-order valence-corrected chi connectivity index (χ0v) is 31.9. The van der Waals surface area contributed by atoms with Crippen LogP contribution in [0, 0.1) is 13.8 Å². The van der Waals surface area contributed by atoms with E-state index in [9.17, 15) is 26.4 Å². The van der Waals surface area contributed by atoms with Crippen LogP contribution < -0.4 is 20.1 Å². The summed E-state index contributed by atoms with van der Waals surface area (Å²) in [4.78, 5) is 26.2. The molecule has 0 aliphatic carbocycles. The number of hydrogen-bond donors (Lipinski definition) is 4. The van der Waals surface area contributed by atoms with E-state index in [2.05, 4.69) is 20.1 Å². The minimum atomic E-state index is -3.83. The molecule has 274 valence electrons. The van der Waals surface area contributed by atoms with Gasteiger partial charge in [-0.15, -0.1) is 0 Å². The van der Waals surface area contributed by atoms with E-state index in [1.54, 1.807) is 12.1 Å². The standard InChI is InChI=1S/C40H32Cl2N4O6S2/c1-25-23-29(7-21-37(25)43-39(47)27-3-13-33(14-4-27)45-53(49,50)35-17-9-31(41)10-18-35)30-8-22-38(26(2)24-30)44-40(48)28-5-15-34(16-6-28)46-54(51,52)36-19-11-32(42)12-20-36/h3-24,45-46H,1-2H3,(H,43,47)(H,44,48). The summed E-state index contributed by atoms with van der Waals surface area (Å²) in [6, 6.07) is 35.0. The first kappa shape index (κ1) is 38.1. The Balaban J connectivity index is 1.06. The van der Waals surface area contributed by atoms with Gasteiger partial charge in [-0.25, -0.2) is 16.8 Å². The average molecular weight is 800 g/mol. The molecule has 6 aromatic rings. The molecule has 0 spiro atoms. The minimum absolute atomic E-state index is 0.0621. The van der Waals surface area contributed by atoms with Crippen LogP contribution >= 0.6 is 23.2 Å².